The number of piperidine rings is 1. The van der Waals surface area contributed by atoms with E-state index in [0.29, 0.717) is 62.1 Å². The standard InChI is InChI=1S/C19H22ClN3O4/c1-2-26-19(25)14-9-11-23(12-10-14)17(24)8-7-16-21-18(22-27-16)13-3-5-15(20)6-4-13/h3-6,14H,2,7-12H2,1H3. The Balaban J connectivity index is 1.47. The summed E-state index contributed by atoms with van der Waals surface area (Å²) in [7, 11) is 0. The minimum absolute atomic E-state index is 0.0311. The fourth-order valence-corrected chi connectivity index (χ4v) is 3.20. The summed E-state index contributed by atoms with van der Waals surface area (Å²) in [6, 6.07) is 7.15. The summed E-state index contributed by atoms with van der Waals surface area (Å²) in [5.41, 5.74) is 0.807. The maximum absolute atomic E-state index is 12.4. The number of nitrogens with zero attached hydrogens (tertiary/aromatic N) is 3. The summed E-state index contributed by atoms with van der Waals surface area (Å²) in [6.45, 7) is 3.33. The Morgan fingerprint density at radius 3 is 2.63 bits per heavy atom. The first-order chi connectivity index (χ1) is 13.1. The topological polar surface area (TPSA) is 85.5 Å². The molecule has 1 aliphatic rings. The molecule has 1 aliphatic heterocycles. The van der Waals surface area contributed by atoms with Crippen LogP contribution in [-0.2, 0) is 20.7 Å². The van der Waals surface area contributed by atoms with Crippen LogP contribution >= 0.6 is 11.6 Å². The van der Waals surface area contributed by atoms with E-state index in [9.17, 15) is 9.59 Å². The van der Waals surface area contributed by atoms with Gasteiger partial charge in [-0.2, -0.15) is 4.98 Å². The number of amides is 1. The first kappa shape index (κ1) is 19.4. The SMILES string of the molecule is CCOC(=O)C1CCN(C(=O)CCc2nc(-c3ccc(Cl)cc3)no2)CC1. The zero-order valence-corrected chi connectivity index (χ0v) is 15.9. The van der Waals surface area contributed by atoms with Gasteiger partial charge in [-0.1, -0.05) is 16.8 Å². The second-order valence-corrected chi connectivity index (χ2v) is 6.86. The van der Waals surface area contributed by atoms with Crippen LogP contribution < -0.4 is 0 Å². The monoisotopic (exact) mass is 391 g/mol. The molecule has 27 heavy (non-hydrogen) atoms. The van der Waals surface area contributed by atoms with Gasteiger partial charge in [0, 0.05) is 36.5 Å². The number of hydrogen-bond acceptors (Lipinski definition) is 6. The summed E-state index contributed by atoms with van der Waals surface area (Å²) < 4.78 is 10.3. The maximum Gasteiger partial charge on any atom is 0.309 e. The molecule has 7 nitrogen and oxygen atoms in total. The van der Waals surface area contributed by atoms with Gasteiger partial charge in [0.05, 0.1) is 12.5 Å². The van der Waals surface area contributed by atoms with Gasteiger partial charge in [0.25, 0.3) is 0 Å². The Morgan fingerprint density at radius 2 is 1.96 bits per heavy atom. The van der Waals surface area contributed by atoms with Crippen molar-refractivity contribution in [1.29, 1.82) is 0 Å². The molecule has 0 unspecified atom stereocenters. The number of carbonyl (C=O) groups excluding carboxylic acids is 2. The van der Waals surface area contributed by atoms with Crippen LogP contribution in [0.4, 0.5) is 0 Å². The van der Waals surface area contributed by atoms with Crippen molar-refractivity contribution in [1.82, 2.24) is 15.0 Å². The van der Waals surface area contributed by atoms with Gasteiger partial charge in [-0.25, -0.2) is 0 Å². The lowest BCUT2D eigenvalue weighted by Gasteiger charge is -2.30. The van der Waals surface area contributed by atoms with Crippen LogP contribution in [0.3, 0.4) is 0 Å². The molecule has 2 heterocycles. The molecule has 1 saturated heterocycles. The Morgan fingerprint density at radius 1 is 1.26 bits per heavy atom. The molecule has 0 bridgehead atoms. The normalized spacial score (nSPS) is 15.0. The van der Waals surface area contributed by atoms with E-state index in [0.717, 1.165) is 5.56 Å². The van der Waals surface area contributed by atoms with E-state index < -0.39 is 0 Å². The van der Waals surface area contributed by atoms with Gasteiger partial charge >= 0.3 is 5.97 Å². The highest BCUT2D eigenvalue weighted by Gasteiger charge is 2.28. The van der Waals surface area contributed by atoms with Crippen molar-refractivity contribution >= 4 is 23.5 Å². The van der Waals surface area contributed by atoms with Crippen molar-refractivity contribution in [2.24, 2.45) is 5.92 Å². The number of carbonyl (C=O) groups is 2. The number of ether oxygens (including phenoxy) is 1. The lowest BCUT2D eigenvalue weighted by Crippen LogP contribution is -2.40. The zero-order valence-electron chi connectivity index (χ0n) is 15.2. The molecular formula is C19H22ClN3O4. The van der Waals surface area contributed by atoms with Crippen LogP contribution in [0.1, 0.15) is 32.1 Å². The van der Waals surface area contributed by atoms with Crippen molar-refractivity contribution in [2.75, 3.05) is 19.7 Å². The van der Waals surface area contributed by atoms with Gasteiger partial charge in [-0.3, -0.25) is 9.59 Å². The molecule has 8 heteroatoms. The smallest absolute Gasteiger partial charge is 0.309 e. The Labute approximate surface area is 162 Å². The van der Waals surface area contributed by atoms with Crippen LogP contribution in [0.25, 0.3) is 11.4 Å². The van der Waals surface area contributed by atoms with Gasteiger partial charge in [0.15, 0.2) is 0 Å². The number of benzene rings is 1. The number of esters is 1. The van der Waals surface area contributed by atoms with E-state index >= 15 is 0 Å². The minimum atomic E-state index is -0.162. The van der Waals surface area contributed by atoms with Gasteiger partial charge in [-0.05, 0) is 44.0 Å². The van der Waals surface area contributed by atoms with E-state index in [-0.39, 0.29) is 17.8 Å². The fraction of sp³-hybridized carbons (Fsp3) is 0.474. The summed E-state index contributed by atoms with van der Waals surface area (Å²) in [4.78, 5) is 30.3. The summed E-state index contributed by atoms with van der Waals surface area (Å²) in [6.07, 6.45) is 1.97. The molecule has 1 aromatic carbocycles. The minimum Gasteiger partial charge on any atom is -0.466 e. The summed E-state index contributed by atoms with van der Waals surface area (Å²) >= 11 is 5.87. The summed E-state index contributed by atoms with van der Waals surface area (Å²) in [5.74, 6) is 0.666. The highest BCUT2D eigenvalue weighted by atomic mass is 35.5. The number of rotatable bonds is 6. The average molecular weight is 392 g/mol. The third kappa shape index (κ3) is 5.07. The molecule has 1 fully saturated rings. The number of hydrogen-bond donors (Lipinski definition) is 0. The molecule has 0 N–H and O–H groups in total. The summed E-state index contributed by atoms with van der Waals surface area (Å²) in [5, 5.41) is 4.59. The Bertz CT molecular complexity index is 783. The highest BCUT2D eigenvalue weighted by molar-refractivity contribution is 6.30. The molecule has 1 amide bonds. The molecule has 0 saturated carbocycles. The number of halogens is 1. The van der Waals surface area contributed by atoms with Gasteiger partial charge < -0.3 is 14.2 Å². The largest absolute Gasteiger partial charge is 0.466 e. The molecule has 144 valence electrons. The molecule has 0 radical (unpaired) electrons. The van der Waals surface area contributed by atoms with Crippen molar-refractivity contribution in [3.8, 4) is 11.4 Å². The molecule has 2 aromatic rings. The third-order valence-corrected chi connectivity index (χ3v) is 4.84. The quantitative estimate of drug-likeness (QED) is 0.703. The number of likely N-dealkylation sites (tertiary alicyclic amines) is 1. The van der Waals surface area contributed by atoms with Crippen molar-refractivity contribution < 1.29 is 18.8 Å². The molecular weight excluding hydrogens is 370 g/mol. The number of aryl methyl sites for hydroxylation is 1. The molecule has 3 rings (SSSR count). The van der Waals surface area contributed by atoms with Crippen LogP contribution in [-0.4, -0.2) is 46.6 Å². The van der Waals surface area contributed by atoms with Crippen molar-refractivity contribution in [3.63, 3.8) is 0 Å². The predicted molar refractivity (Wildman–Crippen MR) is 99.0 cm³/mol. The maximum atomic E-state index is 12.4. The second kappa shape index (κ2) is 8.99. The van der Waals surface area contributed by atoms with Crippen LogP contribution in [0.2, 0.25) is 5.02 Å². The third-order valence-electron chi connectivity index (χ3n) is 4.59. The molecule has 0 aliphatic carbocycles. The molecule has 1 aromatic heterocycles. The van der Waals surface area contributed by atoms with Crippen LogP contribution in [0, 0.1) is 5.92 Å². The van der Waals surface area contributed by atoms with E-state index in [4.69, 9.17) is 20.9 Å². The van der Waals surface area contributed by atoms with E-state index in [1.54, 1.807) is 24.0 Å². The van der Waals surface area contributed by atoms with Gasteiger partial charge in [0.2, 0.25) is 17.6 Å². The van der Waals surface area contributed by atoms with E-state index in [2.05, 4.69) is 10.1 Å². The van der Waals surface area contributed by atoms with Crippen molar-refractivity contribution in [2.45, 2.75) is 32.6 Å². The average Bonchev–Trinajstić information content (AvgIpc) is 3.16. The lowest BCUT2D eigenvalue weighted by molar-refractivity contribution is -0.151. The van der Waals surface area contributed by atoms with Crippen LogP contribution in [0.5, 0.6) is 0 Å². The molecule has 0 spiro atoms. The molecule has 0 atom stereocenters. The zero-order chi connectivity index (χ0) is 19.2. The van der Waals surface area contributed by atoms with Gasteiger partial charge in [0.1, 0.15) is 0 Å². The van der Waals surface area contributed by atoms with Gasteiger partial charge in [-0.15, -0.1) is 0 Å². The number of aromatic nitrogens is 2. The van der Waals surface area contributed by atoms with E-state index in [1.807, 2.05) is 12.1 Å². The second-order valence-electron chi connectivity index (χ2n) is 6.43. The Hall–Kier alpha value is -2.41. The highest BCUT2D eigenvalue weighted by Crippen LogP contribution is 2.21. The predicted octanol–water partition coefficient (Wildman–Crippen LogP) is 3.12. The van der Waals surface area contributed by atoms with E-state index in [1.165, 1.54) is 0 Å². The van der Waals surface area contributed by atoms with Crippen molar-refractivity contribution in [3.05, 3.63) is 35.2 Å². The van der Waals surface area contributed by atoms with Crippen LogP contribution in [0.15, 0.2) is 28.8 Å². The first-order valence-corrected chi connectivity index (χ1v) is 9.47. The first-order valence-electron chi connectivity index (χ1n) is 9.09. The lowest BCUT2D eigenvalue weighted by atomic mass is 9.97. The Kier molecular flexibility index (Phi) is 6.45. The fourth-order valence-electron chi connectivity index (χ4n) is 3.07.